The lowest BCUT2D eigenvalue weighted by atomic mass is 10.1. The average molecular weight is 251 g/mol. The molecule has 0 unspecified atom stereocenters. The highest BCUT2D eigenvalue weighted by molar-refractivity contribution is 6.31. The maximum absolute atomic E-state index is 6.14. The Balaban J connectivity index is 1.78. The van der Waals surface area contributed by atoms with Crippen molar-refractivity contribution in [2.75, 3.05) is 6.54 Å². The Labute approximate surface area is 106 Å². The molecular weight excluding hydrogens is 236 g/mol. The maximum Gasteiger partial charge on any atom is 0.0692 e. The van der Waals surface area contributed by atoms with Gasteiger partial charge < -0.3 is 5.32 Å². The van der Waals surface area contributed by atoms with Gasteiger partial charge in [-0.05, 0) is 24.1 Å². The zero-order valence-corrected chi connectivity index (χ0v) is 10.5. The molecular formula is C12H15ClN4. The van der Waals surface area contributed by atoms with E-state index in [1.54, 1.807) is 10.9 Å². The number of hydrogen-bond donors (Lipinski definition) is 1. The number of benzene rings is 1. The lowest BCUT2D eigenvalue weighted by molar-refractivity contribution is 0.540. The molecule has 2 rings (SSSR count). The quantitative estimate of drug-likeness (QED) is 0.826. The van der Waals surface area contributed by atoms with Crippen LogP contribution in [0.5, 0.6) is 0 Å². The minimum atomic E-state index is 0.772. The molecule has 0 saturated heterocycles. The first-order chi connectivity index (χ1) is 8.25. The van der Waals surface area contributed by atoms with Gasteiger partial charge in [0.05, 0.1) is 12.7 Å². The molecule has 0 saturated carbocycles. The van der Waals surface area contributed by atoms with Crippen molar-refractivity contribution in [3.8, 4) is 0 Å². The fourth-order valence-electron chi connectivity index (χ4n) is 1.56. The van der Waals surface area contributed by atoms with Crippen LogP contribution in [0.4, 0.5) is 0 Å². The van der Waals surface area contributed by atoms with Crippen LogP contribution < -0.4 is 5.32 Å². The largest absolute Gasteiger partial charge is 0.311 e. The molecule has 0 aliphatic carbocycles. The van der Waals surface area contributed by atoms with Crippen LogP contribution >= 0.6 is 11.6 Å². The van der Waals surface area contributed by atoms with E-state index >= 15 is 0 Å². The van der Waals surface area contributed by atoms with Gasteiger partial charge in [-0.1, -0.05) is 28.9 Å². The number of aryl methyl sites for hydroxylation is 1. The van der Waals surface area contributed by atoms with E-state index < -0.39 is 0 Å². The van der Waals surface area contributed by atoms with Gasteiger partial charge in [-0.3, -0.25) is 4.68 Å². The Morgan fingerprint density at radius 2 is 2.29 bits per heavy atom. The number of rotatable bonds is 5. The van der Waals surface area contributed by atoms with Crippen molar-refractivity contribution in [3.05, 3.63) is 46.7 Å². The van der Waals surface area contributed by atoms with Crippen molar-refractivity contribution >= 4 is 11.6 Å². The van der Waals surface area contributed by atoms with Gasteiger partial charge >= 0.3 is 0 Å². The Kier molecular flexibility index (Phi) is 4.12. The summed E-state index contributed by atoms with van der Waals surface area (Å²) in [5.41, 5.74) is 2.30. The summed E-state index contributed by atoms with van der Waals surface area (Å²) in [5.74, 6) is 0. The van der Waals surface area contributed by atoms with Crippen molar-refractivity contribution in [2.45, 2.75) is 20.0 Å². The molecule has 17 heavy (non-hydrogen) atoms. The van der Waals surface area contributed by atoms with Crippen LogP contribution in [0.25, 0.3) is 0 Å². The molecule has 0 spiro atoms. The van der Waals surface area contributed by atoms with E-state index in [-0.39, 0.29) is 0 Å². The van der Waals surface area contributed by atoms with Gasteiger partial charge in [0.15, 0.2) is 0 Å². The number of halogens is 1. The molecule has 1 heterocycles. The fourth-order valence-corrected chi connectivity index (χ4v) is 1.87. The molecule has 5 heteroatoms. The Morgan fingerprint density at radius 1 is 1.41 bits per heavy atom. The first kappa shape index (κ1) is 12.1. The molecule has 0 radical (unpaired) electrons. The highest BCUT2D eigenvalue weighted by atomic mass is 35.5. The number of aromatic nitrogens is 3. The molecule has 0 aliphatic heterocycles. The van der Waals surface area contributed by atoms with E-state index in [1.165, 1.54) is 5.56 Å². The van der Waals surface area contributed by atoms with Crippen molar-refractivity contribution in [3.63, 3.8) is 0 Å². The third kappa shape index (κ3) is 3.54. The first-order valence-corrected chi connectivity index (χ1v) is 5.93. The number of nitrogens with one attached hydrogen (secondary N) is 1. The van der Waals surface area contributed by atoms with E-state index in [2.05, 4.69) is 27.8 Å². The summed E-state index contributed by atoms with van der Waals surface area (Å²) < 4.78 is 1.80. The van der Waals surface area contributed by atoms with Crippen LogP contribution in [0.3, 0.4) is 0 Å². The van der Waals surface area contributed by atoms with Crippen molar-refractivity contribution in [2.24, 2.45) is 0 Å². The third-order valence-electron chi connectivity index (χ3n) is 2.51. The van der Waals surface area contributed by atoms with Gasteiger partial charge in [0, 0.05) is 24.3 Å². The van der Waals surface area contributed by atoms with Crippen LogP contribution in [0.1, 0.15) is 11.1 Å². The monoisotopic (exact) mass is 250 g/mol. The zero-order valence-electron chi connectivity index (χ0n) is 9.73. The van der Waals surface area contributed by atoms with Crippen LogP contribution in [0.2, 0.25) is 5.02 Å². The van der Waals surface area contributed by atoms with Gasteiger partial charge in [-0.25, -0.2) is 0 Å². The second-order valence-corrected chi connectivity index (χ2v) is 4.34. The maximum atomic E-state index is 6.14. The smallest absolute Gasteiger partial charge is 0.0692 e. The minimum absolute atomic E-state index is 0.772. The van der Waals surface area contributed by atoms with E-state index in [9.17, 15) is 0 Å². The van der Waals surface area contributed by atoms with Crippen molar-refractivity contribution in [1.29, 1.82) is 0 Å². The molecule has 4 nitrogen and oxygen atoms in total. The van der Waals surface area contributed by atoms with Gasteiger partial charge in [-0.15, -0.1) is 5.10 Å². The molecule has 0 aliphatic rings. The van der Waals surface area contributed by atoms with Crippen LogP contribution in [-0.4, -0.2) is 21.5 Å². The van der Waals surface area contributed by atoms with E-state index in [1.807, 2.05) is 19.2 Å². The number of hydrogen-bond acceptors (Lipinski definition) is 3. The van der Waals surface area contributed by atoms with Crippen LogP contribution in [-0.2, 0) is 13.1 Å². The second kappa shape index (κ2) is 5.80. The van der Waals surface area contributed by atoms with Crippen LogP contribution in [0.15, 0.2) is 30.6 Å². The first-order valence-electron chi connectivity index (χ1n) is 5.55. The third-order valence-corrected chi connectivity index (χ3v) is 2.87. The highest BCUT2D eigenvalue weighted by Gasteiger charge is 1.99. The highest BCUT2D eigenvalue weighted by Crippen LogP contribution is 2.16. The lowest BCUT2D eigenvalue weighted by Crippen LogP contribution is -2.20. The summed E-state index contributed by atoms with van der Waals surface area (Å²) in [6, 6.07) is 6.11. The summed E-state index contributed by atoms with van der Waals surface area (Å²) >= 11 is 6.14. The zero-order chi connectivity index (χ0) is 12.1. The molecule has 0 fully saturated rings. The summed E-state index contributed by atoms with van der Waals surface area (Å²) in [6.45, 7) is 4.46. The molecule has 0 bridgehead atoms. The van der Waals surface area contributed by atoms with Gasteiger partial charge in [-0.2, -0.15) is 0 Å². The predicted octanol–water partition coefficient (Wildman–Crippen LogP) is 2.03. The number of nitrogens with zero attached hydrogens (tertiary/aromatic N) is 3. The summed E-state index contributed by atoms with van der Waals surface area (Å²) in [5, 5.41) is 11.8. The molecule has 0 amide bonds. The molecule has 90 valence electrons. The van der Waals surface area contributed by atoms with E-state index in [0.29, 0.717) is 0 Å². The second-order valence-electron chi connectivity index (χ2n) is 3.94. The summed E-state index contributed by atoms with van der Waals surface area (Å²) in [4.78, 5) is 0. The van der Waals surface area contributed by atoms with Gasteiger partial charge in [0.1, 0.15) is 0 Å². The summed E-state index contributed by atoms with van der Waals surface area (Å²) in [7, 11) is 0. The normalized spacial score (nSPS) is 10.7. The molecule has 1 aromatic carbocycles. The van der Waals surface area contributed by atoms with Crippen LogP contribution in [0, 0.1) is 6.92 Å². The molecule has 1 N–H and O–H groups in total. The molecule has 1 aromatic heterocycles. The fraction of sp³-hybridized carbons (Fsp3) is 0.333. The van der Waals surface area contributed by atoms with Crippen molar-refractivity contribution < 1.29 is 0 Å². The average Bonchev–Trinajstić information content (AvgIpc) is 2.79. The lowest BCUT2D eigenvalue weighted by Gasteiger charge is -2.07. The topological polar surface area (TPSA) is 42.7 Å². The SMILES string of the molecule is Cc1ccc(CNCCn2ccnn2)c(Cl)c1. The van der Waals surface area contributed by atoms with E-state index in [4.69, 9.17) is 11.6 Å². The Hall–Kier alpha value is -1.39. The minimum Gasteiger partial charge on any atom is -0.311 e. The van der Waals surface area contributed by atoms with Crippen molar-refractivity contribution in [1.82, 2.24) is 20.3 Å². The van der Waals surface area contributed by atoms with E-state index in [0.717, 1.165) is 30.2 Å². The Bertz CT molecular complexity index is 467. The standard InChI is InChI=1S/C12H15ClN4/c1-10-2-3-11(12(13)8-10)9-14-4-6-17-7-5-15-16-17/h2-3,5,7-8,14H,4,6,9H2,1H3. The molecule has 0 atom stereocenters. The Morgan fingerprint density at radius 3 is 3.00 bits per heavy atom. The van der Waals surface area contributed by atoms with Gasteiger partial charge in [0.2, 0.25) is 0 Å². The van der Waals surface area contributed by atoms with Gasteiger partial charge in [0.25, 0.3) is 0 Å². The predicted molar refractivity (Wildman–Crippen MR) is 67.9 cm³/mol. The summed E-state index contributed by atoms with van der Waals surface area (Å²) in [6.07, 6.45) is 3.53. The molecule has 2 aromatic rings.